The lowest BCUT2D eigenvalue weighted by atomic mass is 10.1. The maximum absolute atomic E-state index is 13.2. The third kappa shape index (κ3) is 2.54. The number of anilines is 1. The van der Waals surface area contributed by atoms with Crippen LogP contribution in [0.25, 0.3) is 10.9 Å². The second-order valence-electron chi connectivity index (χ2n) is 5.03. The summed E-state index contributed by atoms with van der Waals surface area (Å²) in [6.45, 7) is 0. The lowest BCUT2D eigenvalue weighted by Gasteiger charge is -2.16. The van der Waals surface area contributed by atoms with Gasteiger partial charge in [0.25, 0.3) is 0 Å². The summed E-state index contributed by atoms with van der Waals surface area (Å²) < 4.78 is 18.6. The van der Waals surface area contributed by atoms with Gasteiger partial charge in [-0.05, 0) is 37.5 Å². The van der Waals surface area contributed by atoms with Gasteiger partial charge in [0.05, 0.1) is 11.6 Å². The number of halogens is 1. The summed E-state index contributed by atoms with van der Waals surface area (Å²) in [5, 5.41) is 4.49. The van der Waals surface area contributed by atoms with E-state index in [0.717, 1.165) is 30.3 Å². The van der Waals surface area contributed by atoms with Crippen LogP contribution in [0.2, 0.25) is 0 Å². The van der Waals surface area contributed by atoms with Gasteiger partial charge in [-0.15, -0.1) is 0 Å². The van der Waals surface area contributed by atoms with E-state index in [-0.39, 0.29) is 5.82 Å². The molecule has 4 heteroatoms. The molecule has 0 saturated heterocycles. The molecular weight excluding hydrogens is 243 g/mol. The Kier molecular flexibility index (Phi) is 3.34. The molecule has 2 aromatic rings. The van der Waals surface area contributed by atoms with Crippen molar-refractivity contribution in [2.24, 2.45) is 0 Å². The molecule has 100 valence electrons. The molecule has 1 heterocycles. The SMILES string of the molecule is COC1CCC(Nc2ccnc3cc(F)ccc23)C1. The molecule has 1 N–H and O–H groups in total. The van der Waals surface area contributed by atoms with Gasteiger partial charge in [-0.2, -0.15) is 0 Å². The number of aromatic nitrogens is 1. The van der Waals surface area contributed by atoms with Crippen molar-refractivity contribution >= 4 is 16.6 Å². The number of fused-ring (bicyclic) bond motifs is 1. The van der Waals surface area contributed by atoms with Gasteiger partial charge >= 0.3 is 0 Å². The fraction of sp³-hybridized carbons (Fsp3) is 0.400. The Morgan fingerprint density at radius 3 is 3.00 bits per heavy atom. The van der Waals surface area contributed by atoms with Crippen LogP contribution in [-0.2, 0) is 4.74 Å². The van der Waals surface area contributed by atoms with Crippen molar-refractivity contribution in [2.45, 2.75) is 31.4 Å². The topological polar surface area (TPSA) is 34.1 Å². The van der Waals surface area contributed by atoms with E-state index < -0.39 is 0 Å². The smallest absolute Gasteiger partial charge is 0.125 e. The zero-order chi connectivity index (χ0) is 13.2. The standard InChI is InChI=1S/C15H17FN2O/c1-19-12-4-3-11(9-12)18-14-6-7-17-15-8-10(16)2-5-13(14)15/h2,5-8,11-12H,3-4,9H2,1H3,(H,17,18). The van der Waals surface area contributed by atoms with Crippen LogP contribution in [0.4, 0.5) is 10.1 Å². The fourth-order valence-electron chi connectivity index (χ4n) is 2.75. The van der Waals surface area contributed by atoms with Crippen LogP contribution in [0.5, 0.6) is 0 Å². The number of methoxy groups -OCH3 is 1. The van der Waals surface area contributed by atoms with Crippen LogP contribution in [-0.4, -0.2) is 24.2 Å². The first-order valence-corrected chi connectivity index (χ1v) is 6.60. The van der Waals surface area contributed by atoms with Crippen molar-refractivity contribution in [3.8, 4) is 0 Å². The van der Waals surface area contributed by atoms with Gasteiger partial charge in [0.1, 0.15) is 5.82 Å². The molecule has 1 aromatic carbocycles. The van der Waals surface area contributed by atoms with Crippen molar-refractivity contribution in [1.82, 2.24) is 4.98 Å². The zero-order valence-corrected chi connectivity index (χ0v) is 10.9. The predicted molar refractivity (Wildman–Crippen MR) is 73.8 cm³/mol. The van der Waals surface area contributed by atoms with Crippen molar-refractivity contribution in [3.05, 3.63) is 36.3 Å². The van der Waals surface area contributed by atoms with Crippen LogP contribution in [0.15, 0.2) is 30.5 Å². The van der Waals surface area contributed by atoms with Crippen molar-refractivity contribution in [3.63, 3.8) is 0 Å². The normalized spacial score (nSPS) is 22.8. The zero-order valence-electron chi connectivity index (χ0n) is 10.9. The predicted octanol–water partition coefficient (Wildman–Crippen LogP) is 3.35. The quantitative estimate of drug-likeness (QED) is 0.919. The Labute approximate surface area is 111 Å². The third-order valence-electron chi connectivity index (χ3n) is 3.78. The maximum Gasteiger partial charge on any atom is 0.125 e. The minimum absolute atomic E-state index is 0.252. The lowest BCUT2D eigenvalue weighted by molar-refractivity contribution is 0.108. The van der Waals surface area contributed by atoms with E-state index in [1.165, 1.54) is 12.1 Å². The highest BCUT2D eigenvalue weighted by Crippen LogP contribution is 2.28. The van der Waals surface area contributed by atoms with E-state index in [9.17, 15) is 4.39 Å². The Morgan fingerprint density at radius 1 is 1.32 bits per heavy atom. The lowest BCUT2D eigenvalue weighted by Crippen LogP contribution is -2.17. The molecule has 0 amide bonds. The first-order chi connectivity index (χ1) is 9.26. The van der Waals surface area contributed by atoms with Crippen molar-refractivity contribution in [1.29, 1.82) is 0 Å². The maximum atomic E-state index is 13.2. The van der Waals surface area contributed by atoms with E-state index in [1.807, 2.05) is 6.07 Å². The Morgan fingerprint density at radius 2 is 2.21 bits per heavy atom. The van der Waals surface area contributed by atoms with Crippen molar-refractivity contribution in [2.75, 3.05) is 12.4 Å². The van der Waals surface area contributed by atoms with Crippen LogP contribution in [0.3, 0.4) is 0 Å². The molecule has 3 nitrogen and oxygen atoms in total. The van der Waals surface area contributed by atoms with Gasteiger partial charge in [-0.25, -0.2) is 4.39 Å². The summed E-state index contributed by atoms with van der Waals surface area (Å²) in [6, 6.07) is 7.08. The average molecular weight is 260 g/mol. The van der Waals surface area contributed by atoms with Crippen LogP contribution < -0.4 is 5.32 Å². The molecule has 2 unspecified atom stereocenters. The van der Waals surface area contributed by atoms with Gasteiger partial charge in [-0.1, -0.05) is 0 Å². The number of pyridine rings is 1. The summed E-state index contributed by atoms with van der Waals surface area (Å²) in [6.07, 6.45) is 5.27. The number of hydrogen-bond donors (Lipinski definition) is 1. The third-order valence-corrected chi connectivity index (χ3v) is 3.78. The number of nitrogens with one attached hydrogen (secondary N) is 1. The second kappa shape index (κ2) is 5.13. The van der Waals surface area contributed by atoms with Gasteiger partial charge < -0.3 is 10.1 Å². The van der Waals surface area contributed by atoms with Crippen LogP contribution in [0.1, 0.15) is 19.3 Å². The summed E-state index contributed by atoms with van der Waals surface area (Å²) >= 11 is 0. The summed E-state index contributed by atoms with van der Waals surface area (Å²) in [5.74, 6) is -0.252. The van der Waals surface area contributed by atoms with Crippen LogP contribution in [0, 0.1) is 5.82 Å². The molecule has 1 aliphatic carbocycles. The first-order valence-electron chi connectivity index (χ1n) is 6.60. The summed E-state index contributed by atoms with van der Waals surface area (Å²) in [7, 11) is 1.76. The average Bonchev–Trinajstić information content (AvgIpc) is 2.86. The van der Waals surface area contributed by atoms with Gasteiger partial charge in [-0.3, -0.25) is 4.98 Å². The second-order valence-corrected chi connectivity index (χ2v) is 5.03. The van der Waals surface area contributed by atoms with Gasteiger partial charge in [0, 0.05) is 36.5 Å². The number of rotatable bonds is 3. The highest BCUT2D eigenvalue weighted by molar-refractivity contribution is 5.91. The molecule has 0 radical (unpaired) electrons. The molecule has 0 bridgehead atoms. The Hall–Kier alpha value is -1.68. The molecular formula is C15H17FN2O. The molecule has 19 heavy (non-hydrogen) atoms. The number of nitrogens with zero attached hydrogens (tertiary/aromatic N) is 1. The molecule has 1 fully saturated rings. The molecule has 0 spiro atoms. The highest BCUT2D eigenvalue weighted by atomic mass is 19.1. The minimum Gasteiger partial charge on any atom is -0.382 e. The molecule has 3 rings (SSSR count). The molecule has 1 aromatic heterocycles. The molecule has 2 atom stereocenters. The Bertz CT molecular complexity index is 587. The van der Waals surface area contributed by atoms with E-state index in [0.29, 0.717) is 17.7 Å². The van der Waals surface area contributed by atoms with Gasteiger partial charge in [0.2, 0.25) is 0 Å². The van der Waals surface area contributed by atoms with Crippen LogP contribution >= 0.6 is 0 Å². The van der Waals surface area contributed by atoms with E-state index in [4.69, 9.17) is 4.74 Å². The largest absolute Gasteiger partial charge is 0.382 e. The number of hydrogen-bond acceptors (Lipinski definition) is 3. The monoisotopic (exact) mass is 260 g/mol. The summed E-state index contributed by atoms with van der Waals surface area (Å²) in [4.78, 5) is 4.20. The Balaban J connectivity index is 1.85. The molecule has 0 aliphatic heterocycles. The fourth-order valence-corrected chi connectivity index (χ4v) is 2.75. The molecule has 1 saturated carbocycles. The number of benzene rings is 1. The van der Waals surface area contributed by atoms with Gasteiger partial charge in [0.15, 0.2) is 0 Å². The summed E-state index contributed by atoms with van der Waals surface area (Å²) in [5.41, 5.74) is 1.71. The van der Waals surface area contributed by atoms with E-state index >= 15 is 0 Å². The van der Waals surface area contributed by atoms with Crippen molar-refractivity contribution < 1.29 is 9.13 Å². The highest BCUT2D eigenvalue weighted by Gasteiger charge is 2.24. The first kappa shape index (κ1) is 12.4. The minimum atomic E-state index is -0.252. The van der Waals surface area contributed by atoms with E-state index in [2.05, 4.69) is 10.3 Å². The molecule has 1 aliphatic rings. The van der Waals surface area contributed by atoms with E-state index in [1.54, 1.807) is 19.4 Å². The number of ether oxygens (including phenoxy) is 1.